The molecule has 0 heterocycles. The van der Waals surface area contributed by atoms with Gasteiger partial charge in [-0.25, -0.2) is 0 Å². The summed E-state index contributed by atoms with van der Waals surface area (Å²) in [6, 6.07) is 0. The van der Waals surface area contributed by atoms with Gasteiger partial charge in [0.2, 0.25) is 0 Å². The van der Waals surface area contributed by atoms with Gasteiger partial charge in [0.05, 0.1) is 6.26 Å². The van der Waals surface area contributed by atoms with Crippen molar-refractivity contribution >= 4 is 0 Å². The van der Waals surface area contributed by atoms with Gasteiger partial charge >= 0.3 is 0 Å². The maximum atomic E-state index is 6.28. The molecule has 110 valence electrons. The largest absolute Gasteiger partial charge is 0.496 e. The number of fused-ring (bicyclic) bond motifs is 2. The van der Waals surface area contributed by atoms with Gasteiger partial charge < -0.3 is 9.47 Å². The van der Waals surface area contributed by atoms with Gasteiger partial charge in [-0.3, -0.25) is 0 Å². The SMILES string of the molecule is C=COC1C2CC[C@@](C)(C1OCCC(C)C)C2(C)C. The molecule has 2 heteroatoms. The average molecular weight is 266 g/mol. The summed E-state index contributed by atoms with van der Waals surface area (Å²) in [6.07, 6.45) is 5.65. The molecular weight excluding hydrogens is 236 g/mol. The molecule has 4 atom stereocenters. The minimum absolute atomic E-state index is 0.193. The molecule has 0 spiro atoms. The third-order valence-corrected chi connectivity index (χ3v) is 5.94. The summed E-state index contributed by atoms with van der Waals surface area (Å²) >= 11 is 0. The van der Waals surface area contributed by atoms with E-state index in [1.54, 1.807) is 6.26 Å². The van der Waals surface area contributed by atoms with E-state index in [-0.39, 0.29) is 17.6 Å². The van der Waals surface area contributed by atoms with Crippen LogP contribution in [-0.2, 0) is 9.47 Å². The van der Waals surface area contributed by atoms with Crippen LogP contribution in [-0.4, -0.2) is 18.8 Å². The van der Waals surface area contributed by atoms with Crippen molar-refractivity contribution in [3.8, 4) is 0 Å². The summed E-state index contributed by atoms with van der Waals surface area (Å²) in [5, 5.41) is 0. The highest BCUT2D eigenvalue weighted by molar-refractivity contribution is 5.16. The first kappa shape index (κ1) is 14.9. The van der Waals surface area contributed by atoms with Gasteiger partial charge in [-0.05, 0) is 30.6 Å². The average Bonchev–Trinajstić information content (AvgIpc) is 2.62. The van der Waals surface area contributed by atoms with Crippen LogP contribution in [0.1, 0.15) is 53.9 Å². The van der Waals surface area contributed by atoms with Crippen LogP contribution in [0.15, 0.2) is 12.8 Å². The Kier molecular flexibility index (Phi) is 4.02. The third kappa shape index (κ3) is 2.22. The Morgan fingerprint density at radius 1 is 1.32 bits per heavy atom. The molecular formula is C17H30O2. The topological polar surface area (TPSA) is 18.5 Å². The molecule has 0 N–H and O–H groups in total. The highest BCUT2D eigenvalue weighted by atomic mass is 16.5. The van der Waals surface area contributed by atoms with Crippen LogP contribution in [0.4, 0.5) is 0 Å². The number of hydrogen-bond acceptors (Lipinski definition) is 2. The zero-order valence-electron chi connectivity index (χ0n) is 13.2. The summed E-state index contributed by atoms with van der Waals surface area (Å²) in [7, 11) is 0. The lowest BCUT2D eigenvalue weighted by atomic mass is 9.70. The van der Waals surface area contributed by atoms with Crippen LogP contribution in [0.5, 0.6) is 0 Å². The van der Waals surface area contributed by atoms with E-state index >= 15 is 0 Å². The lowest BCUT2D eigenvalue weighted by Gasteiger charge is -2.39. The number of hydrogen-bond donors (Lipinski definition) is 0. The molecule has 2 aliphatic rings. The molecule has 2 bridgehead atoms. The Balaban J connectivity index is 2.12. The number of rotatable bonds is 6. The molecule has 2 nitrogen and oxygen atoms in total. The minimum Gasteiger partial charge on any atom is -0.496 e. The Morgan fingerprint density at radius 2 is 2.00 bits per heavy atom. The fraction of sp³-hybridized carbons (Fsp3) is 0.882. The molecule has 0 aromatic carbocycles. The summed E-state index contributed by atoms with van der Waals surface area (Å²) in [5.41, 5.74) is 0.533. The van der Waals surface area contributed by atoms with Crippen molar-refractivity contribution in [2.75, 3.05) is 6.61 Å². The predicted molar refractivity (Wildman–Crippen MR) is 78.9 cm³/mol. The highest BCUT2D eigenvalue weighted by Crippen LogP contribution is 2.66. The highest BCUT2D eigenvalue weighted by Gasteiger charge is 2.67. The van der Waals surface area contributed by atoms with Crippen LogP contribution in [0.2, 0.25) is 0 Å². The van der Waals surface area contributed by atoms with Crippen molar-refractivity contribution < 1.29 is 9.47 Å². The Hall–Kier alpha value is -0.500. The van der Waals surface area contributed by atoms with E-state index in [2.05, 4.69) is 41.2 Å². The van der Waals surface area contributed by atoms with E-state index in [0.29, 0.717) is 17.3 Å². The summed E-state index contributed by atoms with van der Waals surface area (Å²) < 4.78 is 12.1. The van der Waals surface area contributed by atoms with Gasteiger partial charge in [0.25, 0.3) is 0 Å². The van der Waals surface area contributed by atoms with Gasteiger partial charge in [0, 0.05) is 17.9 Å². The van der Waals surface area contributed by atoms with E-state index in [1.807, 2.05) is 0 Å². The van der Waals surface area contributed by atoms with Gasteiger partial charge in [0.1, 0.15) is 12.2 Å². The molecule has 0 aromatic heterocycles. The first-order chi connectivity index (χ1) is 8.84. The van der Waals surface area contributed by atoms with Crippen LogP contribution >= 0.6 is 0 Å². The fourth-order valence-electron chi connectivity index (χ4n) is 4.21. The minimum atomic E-state index is 0.193. The van der Waals surface area contributed by atoms with E-state index in [4.69, 9.17) is 9.47 Å². The molecule has 3 unspecified atom stereocenters. The molecule has 2 aliphatic carbocycles. The molecule has 2 fully saturated rings. The van der Waals surface area contributed by atoms with Crippen molar-refractivity contribution in [2.24, 2.45) is 22.7 Å². The van der Waals surface area contributed by atoms with Gasteiger partial charge in [-0.1, -0.05) is 41.2 Å². The summed E-state index contributed by atoms with van der Waals surface area (Å²) in [5.74, 6) is 1.29. The van der Waals surface area contributed by atoms with E-state index in [9.17, 15) is 0 Å². The van der Waals surface area contributed by atoms with Gasteiger partial charge in [-0.2, -0.15) is 0 Å². The molecule has 19 heavy (non-hydrogen) atoms. The molecule has 2 saturated carbocycles. The molecule has 0 radical (unpaired) electrons. The van der Waals surface area contributed by atoms with Crippen molar-refractivity contribution in [1.29, 1.82) is 0 Å². The van der Waals surface area contributed by atoms with Crippen molar-refractivity contribution in [1.82, 2.24) is 0 Å². The van der Waals surface area contributed by atoms with Gasteiger partial charge in [-0.15, -0.1) is 0 Å². The van der Waals surface area contributed by atoms with Crippen LogP contribution in [0.25, 0.3) is 0 Å². The maximum Gasteiger partial charge on any atom is 0.128 e. The van der Waals surface area contributed by atoms with E-state index in [1.165, 1.54) is 12.8 Å². The van der Waals surface area contributed by atoms with Crippen molar-refractivity contribution in [3.63, 3.8) is 0 Å². The maximum absolute atomic E-state index is 6.28. The zero-order chi connectivity index (χ0) is 14.3. The first-order valence-electron chi connectivity index (χ1n) is 7.72. The molecule has 0 aromatic rings. The lowest BCUT2D eigenvalue weighted by molar-refractivity contribution is -0.102. The molecule has 0 saturated heterocycles. The third-order valence-electron chi connectivity index (χ3n) is 5.94. The lowest BCUT2D eigenvalue weighted by Crippen LogP contribution is -2.42. The Bertz CT molecular complexity index is 334. The Labute approximate surface area is 118 Å². The van der Waals surface area contributed by atoms with Crippen LogP contribution in [0, 0.1) is 22.7 Å². The normalized spacial score (nSPS) is 39.8. The molecule has 0 amide bonds. The molecule has 2 rings (SSSR count). The fourth-order valence-corrected chi connectivity index (χ4v) is 4.21. The van der Waals surface area contributed by atoms with Gasteiger partial charge in [0.15, 0.2) is 0 Å². The van der Waals surface area contributed by atoms with E-state index < -0.39 is 0 Å². The zero-order valence-corrected chi connectivity index (χ0v) is 13.2. The second-order valence-corrected chi connectivity index (χ2v) is 7.53. The monoisotopic (exact) mass is 266 g/mol. The van der Waals surface area contributed by atoms with Crippen molar-refractivity contribution in [3.05, 3.63) is 12.8 Å². The first-order valence-corrected chi connectivity index (χ1v) is 7.72. The van der Waals surface area contributed by atoms with E-state index in [0.717, 1.165) is 13.0 Å². The quantitative estimate of drug-likeness (QED) is 0.663. The summed E-state index contributed by atoms with van der Waals surface area (Å²) in [6.45, 7) is 16.2. The summed E-state index contributed by atoms with van der Waals surface area (Å²) in [4.78, 5) is 0. The smallest absolute Gasteiger partial charge is 0.128 e. The van der Waals surface area contributed by atoms with Crippen LogP contribution in [0.3, 0.4) is 0 Å². The molecule has 0 aliphatic heterocycles. The number of ether oxygens (including phenoxy) is 2. The standard InChI is InChI=1S/C17H30O2/c1-7-18-14-13-8-10-17(6,16(13,4)5)15(14)19-11-9-12(2)3/h7,12-15H,1,8-11H2,2-6H3/t13?,14?,15?,17-/m0/s1. The van der Waals surface area contributed by atoms with Crippen molar-refractivity contribution in [2.45, 2.75) is 66.1 Å². The second-order valence-electron chi connectivity index (χ2n) is 7.53. The predicted octanol–water partition coefficient (Wildman–Crippen LogP) is 4.40. The second kappa shape index (κ2) is 5.12. The Morgan fingerprint density at radius 3 is 2.58 bits per heavy atom. The van der Waals surface area contributed by atoms with Crippen LogP contribution < -0.4 is 0 Å².